The van der Waals surface area contributed by atoms with Gasteiger partial charge in [-0.2, -0.15) is 0 Å². The van der Waals surface area contributed by atoms with Gasteiger partial charge in [0.1, 0.15) is 0 Å². The van der Waals surface area contributed by atoms with E-state index in [0.29, 0.717) is 6.42 Å². The van der Waals surface area contributed by atoms with Crippen LogP contribution in [0.5, 0.6) is 0 Å². The van der Waals surface area contributed by atoms with E-state index in [1.807, 2.05) is 44.2 Å². The van der Waals surface area contributed by atoms with Crippen LogP contribution in [0.4, 0.5) is 4.79 Å². The fourth-order valence-corrected chi connectivity index (χ4v) is 2.63. The van der Waals surface area contributed by atoms with E-state index >= 15 is 0 Å². The molecule has 0 aromatic heterocycles. The van der Waals surface area contributed by atoms with Gasteiger partial charge in [0.05, 0.1) is 12.2 Å². The molecule has 2 N–H and O–H groups in total. The molecule has 5 heteroatoms. The third-order valence-electron chi connectivity index (χ3n) is 4.02. The van der Waals surface area contributed by atoms with Crippen molar-refractivity contribution < 1.29 is 9.59 Å². The van der Waals surface area contributed by atoms with Gasteiger partial charge in [-0.3, -0.25) is 4.79 Å². The normalized spacial score (nSPS) is 16.1. The lowest BCUT2D eigenvalue weighted by Gasteiger charge is -2.28. The Morgan fingerprint density at radius 3 is 2.64 bits per heavy atom. The predicted molar refractivity (Wildman–Crippen MR) is 86.2 cm³/mol. The second-order valence-electron chi connectivity index (χ2n) is 6.25. The van der Waals surface area contributed by atoms with Gasteiger partial charge in [0.15, 0.2) is 0 Å². The monoisotopic (exact) mass is 303 g/mol. The van der Waals surface area contributed by atoms with Crippen LogP contribution in [0.2, 0.25) is 0 Å². The van der Waals surface area contributed by atoms with Crippen molar-refractivity contribution in [3.8, 4) is 0 Å². The van der Waals surface area contributed by atoms with Crippen LogP contribution in [0.25, 0.3) is 0 Å². The molecule has 0 bridgehead atoms. The van der Waals surface area contributed by atoms with E-state index in [0.717, 1.165) is 31.4 Å². The Bertz CT molecular complexity index is 514. The van der Waals surface area contributed by atoms with Crippen LogP contribution in [0, 0.1) is 0 Å². The summed E-state index contributed by atoms with van der Waals surface area (Å²) in [6.07, 6.45) is 3.61. The summed E-state index contributed by atoms with van der Waals surface area (Å²) < 4.78 is 0. The number of carbonyl (C=O) groups excluding carboxylic acids is 2. The molecule has 22 heavy (non-hydrogen) atoms. The number of benzene rings is 1. The summed E-state index contributed by atoms with van der Waals surface area (Å²) in [6.45, 7) is 4.91. The van der Waals surface area contributed by atoms with Crippen molar-refractivity contribution in [1.29, 1.82) is 0 Å². The molecule has 0 spiro atoms. The average Bonchev–Trinajstić information content (AvgIpc) is 2.70. The van der Waals surface area contributed by atoms with Crippen molar-refractivity contribution in [2.45, 2.75) is 45.1 Å². The minimum absolute atomic E-state index is 0.125. The highest BCUT2D eigenvalue weighted by Gasteiger charge is 2.23. The number of likely N-dealkylation sites (tertiary alicyclic amines) is 1. The first kappa shape index (κ1) is 16.3. The molecule has 0 radical (unpaired) electrons. The molecular weight excluding hydrogens is 278 g/mol. The number of nitrogens with zero attached hydrogens (tertiary/aromatic N) is 1. The van der Waals surface area contributed by atoms with E-state index in [1.165, 1.54) is 0 Å². The van der Waals surface area contributed by atoms with Crippen molar-refractivity contribution in [3.63, 3.8) is 0 Å². The lowest BCUT2D eigenvalue weighted by molar-refractivity contribution is -0.130. The van der Waals surface area contributed by atoms with Crippen molar-refractivity contribution >= 4 is 11.9 Å². The zero-order chi connectivity index (χ0) is 16.0. The molecule has 1 aromatic rings. The smallest absolute Gasteiger partial charge is 0.316 e. The Balaban J connectivity index is 1.86. The number of rotatable bonds is 4. The molecule has 0 atom stereocenters. The summed E-state index contributed by atoms with van der Waals surface area (Å²) in [5.41, 5.74) is 0.574. The van der Waals surface area contributed by atoms with Crippen LogP contribution in [0.3, 0.4) is 0 Å². The second-order valence-corrected chi connectivity index (χ2v) is 6.25. The topological polar surface area (TPSA) is 61.4 Å². The zero-order valence-corrected chi connectivity index (χ0v) is 13.4. The molecule has 120 valence electrons. The summed E-state index contributed by atoms with van der Waals surface area (Å²) in [7, 11) is 0. The zero-order valence-electron chi connectivity index (χ0n) is 13.4. The molecule has 2 rings (SSSR count). The Morgan fingerprint density at radius 1 is 1.18 bits per heavy atom. The second kappa shape index (κ2) is 7.29. The lowest BCUT2D eigenvalue weighted by Crippen LogP contribution is -2.50. The van der Waals surface area contributed by atoms with E-state index in [9.17, 15) is 9.59 Å². The van der Waals surface area contributed by atoms with Crippen LogP contribution >= 0.6 is 0 Å². The predicted octanol–water partition coefficient (Wildman–Crippen LogP) is 2.58. The SMILES string of the molecule is CC(C)(NC(=O)NCN1CCCCCC1=O)c1ccccc1. The first-order chi connectivity index (χ1) is 10.5. The van der Waals surface area contributed by atoms with Gasteiger partial charge in [0.2, 0.25) is 5.91 Å². The van der Waals surface area contributed by atoms with E-state index in [-0.39, 0.29) is 18.6 Å². The Morgan fingerprint density at radius 2 is 1.91 bits per heavy atom. The number of nitrogens with one attached hydrogen (secondary N) is 2. The number of carbonyl (C=O) groups is 2. The maximum Gasteiger partial charge on any atom is 0.316 e. The summed E-state index contributed by atoms with van der Waals surface area (Å²) in [5, 5.41) is 5.75. The average molecular weight is 303 g/mol. The van der Waals surface area contributed by atoms with Crippen LogP contribution < -0.4 is 10.6 Å². The van der Waals surface area contributed by atoms with Gasteiger partial charge >= 0.3 is 6.03 Å². The van der Waals surface area contributed by atoms with Crippen molar-refractivity contribution in [2.75, 3.05) is 13.2 Å². The molecular formula is C17H25N3O2. The maximum absolute atomic E-state index is 12.1. The first-order valence-electron chi connectivity index (χ1n) is 7.88. The highest BCUT2D eigenvalue weighted by molar-refractivity contribution is 5.78. The number of hydrogen-bond acceptors (Lipinski definition) is 2. The number of amides is 3. The van der Waals surface area contributed by atoms with E-state index in [4.69, 9.17) is 0 Å². The molecule has 1 aliphatic heterocycles. The standard InChI is InChI=1S/C17H25N3O2/c1-17(2,14-9-5-3-6-10-14)19-16(22)18-13-20-12-8-4-7-11-15(20)21/h3,5-6,9-10H,4,7-8,11-13H2,1-2H3,(H2,18,19,22). The van der Waals surface area contributed by atoms with Crippen LogP contribution in [-0.2, 0) is 10.3 Å². The third-order valence-corrected chi connectivity index (χ3v) is 4.02. The van der Waals surface area contributed by atoms with Gasteiger partial charge < -0.3 is 15.5 Å². The largest absolute Gasteiger partial charge is 0.329 e. The van der Waals surface area contributed by atoms with Crippen molar-refractivity contribution in [1.82, 2.24) is 15.5 Å². The quantitative estimate of drug-likeness (QED) is 0.898. The molecule has 0 saturated carbocycles. The number of hydrogen-bond donors (Lipinski definition) is 2. The van der Waals surface area contributed by atoms with Crippen molar-refractivity contribution in [3.05, 3.63) is 35.9 Å². The van der Waals surface area contributed by atoms with Crippen LogP contribution in [0.15, 0.2) is 30.3 Å². The molecule has 1 aliphatic rings. The van der Waals surface area contributed by atoms with E-state index in [2.05, 4.69) is 10.6 Å². The first-order valence-corrected chi connectivity index (χ1v) is 7.88. The highest BCUT2D eigenvalue weighted by Crippen LogP contribution is 2.19. The van der Waals surface area contributed by atoms with Crippen LogP contribution in [-0.4, -0.2) is 30.1 Å². The molecule has 0 unspecified atom stereocenters. The lowest BCUT2D eigenvalue weighted by atomic mass is 9.95. The van der Waals surface area contributed by atoms with E-state index in [1.54, 1.807) is 4.90 Å². The van der Waals surface area contributed by atoms with Gasteiger partial charge in [-0.15, -0.1) is 0 Å². The molecule has 1 fully saturated rings. The van der Waals surface area contributed by atoms with E-state index < -0.39 is 5.54 Å². The Hall–Kier alpha value is -2.04. The molecule has 1 saturated heterocycles. The van der Waals surface area contributed by atoms with Crippen molar-refractivity contribution in [2.24, 2.45) is 0 Å². The molecule has 1 aromatic carbocycles. The molecule has 1 heterocycles. The molecule has 0 aliphatic carbocycles. The fraction of sp³-hybridized carbons (Fsp3) is 0.529. The summed E-state index contributed by atoms with van der Waals surface area (Å²) in [4.78, 5) is 25.7. The summed E-state index contributed by atoms with van der Waals surface area (Å²) >= 11 is 0. The summed E-state index contributed by atoms with van der Waals surface area (Å²) in [6, 6.07) is 9.56. The fourth-order valence-electron chi connectivity index (χ4n) is 2.63. The Kier molecular flexibility index (Phi) is 5.41. The summed E-state index contributed by atoms with van der Waals surface area (Å²) in [5.74, 6) is 0.125. The molecule has 3 amide bonds. The van der Waals surface area contributed by atoms with Gasteiger partial charge in [0, 0.05) is 13.0 Å². The van der Waals surface area contributed by atoms with Crippen LogP contribution in [0.1, 0.15) is 45.1 Å². The molecule has 5 nitrogen and oxygen atoms in total. The Labute approximate surface area is 132 Å². The highest BCUT2D eigenvalue weighted by atomic mass is 16.2. The van der Waals surface area contributed by atoms with Gasteiger partial charge in [-0.25, -0.2) is 4.79 Å². The number of urea groups is 1. The van der Waals surface area contributed by atoms with Gasteiger partial charge in [-0.05, 0) is 32.3 Å². The maximum atomic E-state index is 12.1. The third kappa shape index (κ3) is 4.48. The minimum Gasteiger partial charge on any atom is -0.329 e. The minimum atomic E-state index is -0.464. The van der Waals surface area contributed by atoms with Gasteiger partial charge in [-0.1, -0.05) is 36.8 Å². The van der Waals surface area contributed by atoms with Gasteiger partial charge in [0.25, 0.3) is 0 Å².